The van der Waals surface area contributed by atoms with Crippen LogP contribution in [0.25, 0.3) is 0 Å². The third-order valence-corrected chi connectivity index (χ3v) is 5.64. The molecular formula is C22H25FN2O2. The first-order valence-corrected chi connectivity index (χ1v) is 9.59. The summed E-state index contributed by atoms with van der Waals surface area (Å²) in [5.41, 5.74) is 2.81. The molecule has 5 heteroatoms. The van der Waals surface area contributed by atoms with E-state index in [1.165, 1.54) is 17.7 Å². The van der Waals surface area contributed by atoms with Crippen molar-refractivity contribution in [1.82, 2.24) is 10.2 Å². The molecule has 4 rings (SSSR count). The molecule has 1 amide bonds. The van der Waals surface area contributed by atoms with Crippen LogP contribution in [0.1, 0.15) is 29.5 Å². The van der Waals surface area contributed by atoms with Crippen molar-refractivity contribution in [3.05, 3.63) is 71.0 Å². The van der Waals surface area contributed by atoms with E-state index in [4.69, 9.17) is 4.74 Å². The number of carbonyl (C=O) groups excluding carboxylic acids is 1. The third kappa shape index (κ3) is 4.04. The molecule has 27 heavy (non-hydrogen) atoms. The van der Waals surface area contributed by atoms with E-state index in [2.05, 4.69) is 22.3 Å². The number of morpholine rings is 1. The summed E-state index contributed by atoms with van der Waals surface area (Å²) in [4.78, 5) is 15.2. The van der Waals surface area contributed by atoms with Gasteiger partial charge in [-0.15, -0.1) is 0 Å². The summed E-state index contributed by atoms with van der Waals surface area (Å²) in [6.45, 7) is 4.82. The van der Waals surface area contributed by atoms with Crippen molar-refractivity contribution in [3.8, 4) is 0 Å². The molecule has 1 aliphatic carbocycles. The molecule has 1 N–H and O–H groups in total. The normalized spacial score (nSPS) is 18.9. The van der Waals surface area contributed by atoms with Gasteiger partial charge in [-0.3, -0.25) is 9.69 Å². The van der Waals surface area contributed by atoms with Crippen molar-refractivity contribution < 1.29 is 13.9 Å². The minimum absolute atomic E-state index is 0.0373. The van der Waals surface area contributed by atoms with Crippen LogP contribution in [0.15, 0.2) is 48.5 Å². The van der Waals surface area contributed by atoms with Crippen LogP contribution in [0.3, 0.4) is 0 Å². The fourth-order valence-electron chi connectivity index (χ4n) is 3.77. The number of hydrogen-bond donors (Lipinski definition) is 1. The lowest BCUT2D eigenvalue weighted by Crippen LogP contribution is -2.37. The van der Waals surface area contributed by atoms with Crippen molar-refractivity contribution in [2.24, 2.45) is 0 Å². The molecule has 0 atom stereocenters. The van der Waals surface area contributed by atoms with E-state index in [0.29, 0.717) is 6.54 Å². The highest BCUT2D eigenvalue weighted by Gasteiger charge is 2.51. The quantitative estimate of drug-likeness (QED) is 0.852. The van der Waals surface area contributed by atoms with Gasteiger partial charge < -0.3 is 10.1 Å². The van der Waals surface area contributed by atoms with Gasteiger partial charge >= 0.3 is 0 Å². The predicted octanol–water partition coefficient (Wildman–Crippen LogP) is 3.01. The molecular weight excluding hydrogens is 343 g/mol. The van der Waals surface area contributed by atoms with Gasteiger partial charge in [0.1, 0.15) is 5.82 Å². The molecule has 142 valence electrons. The summed E-state index contributed by atoms with van der Waals surface area (Å²) in [5, 5.41) is 3.12. The molecule has 2 aromatic carbocycles. The maximum Gasteiger partial charge on any atom is 0.230 e. The molecule has 1 heterocycles. The first kappa shape index (κ1) is 18.1. The Balaban J connectivity index is 1.41. The van der Waals surface area contributed by atoms with E-state index >= 15 is 0 Å². The number of halogens is 1. The zero-order valence-electron chi connectivity index (χ0n) is 15.4. The van der Waals surface area contributed by atoms with E-state index in [-0.39, 0.29) is 11.7 Å². The molecule has 0 aromatic heterocycles. The average Bonchev–Trinajstić information content (AvgIpc) is 3.50. The highest BCUT2D eigenvalue weighted by Crippen LogP contribution is 2.48. The number of amides is 1. The van der Waals surface area contributed by atoms with Crippen LogP contribution in [-0.4, -0.2) is 37.1 Å². The van der Waals surface area contributed by atoms with Gasteiger partial charge in [0.15, 0.2) is 0 Å². The summed E-state index contributed by atoms with van der Waals surface area (Å²) in [6.07, 6.45) is 1.64. The number of carbonyl (C=O) groups is 1. The first-order chi connectivity index (χ1) is 13.2. The van der Waals surface area contributed by atoms with Crippen molar-refractivity contribution in [2.45, 2.75) is 31.3 Å². The highest BCUT2D eigenvalue weighted by molar-refractivity contribution is 5.91. The van der Waals surface area contributed by atoms with E-state index in [1.807, 2.05) is 12.1 Å². The monoisotopic (exact) mass is 368 g/mol. The Morgan fingerprint density at radius 1 is 1.04 bits per heavy atom. The van der Waals surface area contributed by atoms with E-state index in [1.54, 1.807) is 12.1 Å². The average molecular weight is 368 g/mol. The lowest BCUT2D eigenvalue weighted by molar-refractivity contribution is -0.123. The summed E-state index contributed by atoms with van der Waals surface area (Å²) in [5.74, 6) is -0.234. The maximum atomic E-state index is 13.2. The van der Waals surface area contributed by atoms with Crippen molar-refractivity contribution >= 4 is 5.91 Å². The van der Waals surface area contributed by atoms with Gasteiger partial charge in [-0.1, -0.05) is 36.4 Å². The van der Waals surface area contributed by atoms with Crippen molar-refractivity contribution in [3.63, 3.8) is 0 Å². The second kappa shape index (κ2) is 7.79. The number of rotatable bonds is 6. The summed E-state index contributed by atoms with van der Waals surface area (Å²) in [6, 6.07) is 14.6. The van der Waals surface area contributed by atoms with Crippen LogP contribution in [-0.2, 0) is 28.0 Å². The second-order valence-corrected chi connectivity index (χ2v) is 7.43. The van der Waals surface area contributed by atoms with Gasteiger partial charge in [-0.2, -0.15) is 0 Å². The molecule has 0 spiro atoms. The van der Waals surface area contributed by atoms with E-state index in [9.17, 15) is 9.18 Å². The largest absolute Gasteiger partial charge is 0.379 e. The van der Waals surface area contributed by atoms with E-state index < -0.39 is 5.41 Å². The van der Waals surface area contributed by atoms with Crippen molar-refractivity contribution in [1.29, 1.82) is 0 Å². The van der Waals surface area contributed by atoms with Crippen LogP contribution >= 0.6 is 0 Å². The molecule has 2 fully saturated rings. The molecule has 0 unspecified atom stereocenters. The molecule has 0 bridgehead atoms. The minimum Gasteiger partial charge on any atom is -0.379 e. The van der Waals surface area contributed by atoms with Crippen LogP contribution in [0.5, 0.6) is 0 Å². The standard InChI is InChI=1S/C22H25FN2O2/c23-20-7-5-19(6-8-20)22(9-10-22)21(26)24-15-17-3-1-2-4-18(17)16-25-11-13-27-14-12-25/h1-8H,9-16H2,(H,24,26). The summed E-state index contributed by atoms with van der Waals surface area (Å²) < 4.78 is 18.6. The van der Waals surface area contributed by atoms with Gasteiger partial charge in [-0.05, 0) is 41.7 Å². The Labute approximate surface area is 159 Å². The lowest BCUT2D eigenvalue weighted by Gasteiger charge is -2.27. The predicted molar refractivity (Wildman–Crippen MR) is 102 cm³/mol. The Morgan fingerprint density at radius 3 is 2.37 bits per heavy atom. The summed E-state index contributed by atoms with van der Waals surface area (Å²) >= 11 is 0. The van der Waals surface area contributed by atoms with Gasteiger partial charge in [0.2, 0.25) is 5.91 Å². The van der Waals surface area contributed by atoms with Gasteiger partial charge in [0, 0.05) is 26.2 Å². The first-order valence-electron chi connectivity index (χ1n) is 9.59. The number of ether oxygens (including phenoxy) is 1. The van der Waals surface area contributed by atoms with Gasteiger partial charge in [0.05, 0.1) is 18.6 Å². The minimum atomic E-state index is -0.479. The molecule has 1 saturated carbocycles. The SMILES string of the molecule is O=C(NCc1ccccc1CN1CCOCC1)C1(c2ccc(F)cc2)CC1. The van der Waals surface area contributed by atoms with Crippen LogP contribution < -0.4 is 5.32 Å². The van der Waals surface area contributed by atoms with E-state index in [0.717, 1.165) is 56.8 Å². The molecule has 0 radical (unpaired) electrons. The molecule has 1 aliphatic heterocycles. The van der Waals surface area contributed by atoms with Crippen LogP contribution in [0.4, 0.5) is 4.39 Å². The number of nitrogens with one attached hydrogen (secondary N) is 1. The van der Waals surface area contributed by atoms with Gasteiger partial charge in [0.25, 0.3) is 0 Å². The Morgan fingerprint density at radius 2 is 1.70 bits per heavy atom. The Hall–Kier alpha value is -2.24. The maximum absolute atomic E-state index is 13.2. The fraction of sp³-hybridized carbons (Fsp3) is 0.409. The second-order valence-electron chi connectivity index (χ2n) is 7.43. The number of nitrogens with zero attached hydrogens (tertiary/aromatic N) is 1. The summed E-state index contributed by atoms with van der Waals surface area (Å²) in [7, 11) is 0. The zero-order chi connectivity index (χ0) is 18.7. The zero-order valence-corrected chi connectivity index (χ0v) is 15.4. The number of hydrogen-bond acceptors (Lipinski definition) is 3. The smallest absolute Gasteiger partial charge is 0.230 e. The van der Waals surface area contributed by atoms with Gasteiger partial charge in [-0.25, -0.2) is 4.39 Å². The Bertz CT molecular complexity index is 796. The lowest BCUT2D eigenvalue weighted by atomic mass is 9.94. The third-order valence-electron chi connectivity index (χ3n) is 5.64. The van der Waals surface area contributed by atoms with Crippen molar-refractivity contribution in [2.75, 3.05) is 26.3 Å². The fourth-order valence-corrected chi connectivity index (χ4v) is 3.77. The van der Waals surface area contributed by atoms with Crippen LogP contribution in [0.2, 0.25) is 0 Å². The number of benzene rings is 2. The molecule has 2 aromatic rings. The molecule has 4 nitrogen and oxygen atoms in total. The Kier molecular flexibility index (Phi) is 5.23. The highest BCUT2D eigenvalue weighted by atomic mass is 19.1. The van der Waals surface area contributed by atoms with Crippen LogP contribution in [0, 0.1) is 5.82 Å². The topological polar surface area (TPSA) is 41.6 Å². The molecule has 1 saturated heterocycles. The molecule has 2 aliphatic rings.